The third-order valence-electron chi connectivity index (χ3n) is 3.24. The Labute approximate surface area is 121 Å². The van der Waals surface area contributed by atoms with Crippen LogP contribution >= 0.6 is 15.9 Å². The number of benzene rings is 1. The molecule has 0 aliphatic carbocycles. The highest BCUT2D eigenvalue weighted by Gasteiger charge is 2.24. The number of hydrogen-bond acceptors (Lipinski definition) is 3. The van der Waals surface area contributed by atoms with Gasteiger partial charge in [-0.3, -0.25) is 4.98 Å². The Morgan fingerprint density at radius 2 is 2.05 bits per heavy atom. The molecule has 0 radical (unpaired) electrons. The third kappa shape index (κ3) is 3.03. The second kappa shape index (κ2) is 6.28. The molecule has 0 bridgehead atoms. The van der Waals surface area contributed by atoms with Crippen molar-refractivity contribution in [2.75, 3.05) is 6.54 Å². The zero-order valence-corrected chi connectivity index (χ0v) is 12.3. The molecule has 0 spiro atoms. The van der Waals surface area contributed by atoms with Crippen molar-refractivity contribution in [1.82, 2.24) is 4.98 Å². The van der Waals surface area contributed by atoms with Gasteiger partial charge < -0.3 is 10.8 Å². The molecule has 0 amide bonds. The first kappa shape index (κ1) is 14.2. The molecule has 2 atom stereocenters. The molecule has 4 heteroatoms. The molecule has 1 aromatic heterocycles. The Kier molecular flexibility index (Phi) is 4.69. The maximum absolute atomic E-state index is 10.6. The highest BCUT2D eigenvalue weighted by molar-refractivity contribution is 9.10. The summed E-state index contributed by atoms with van der Waals surface area (Å²) in [5, 5.41) is 10.6. The van der Waals surface area contributed by atoms with Crippen LogP contribution in [0, 0.1) is 6.92 Å². The molecule has 3 nitrogen and oxygen atoms in total. The van der Waals surface area contributed by atoms with Crippen molar-refractivity contribution in [3.8, 4) is 0 Å². The fourth-order valence-corrected chi connectivity index (χ4v) is 2.62. The lowest BCUT2D eigenvalue weighted by molar-refractivity contribution is 0.145. The third-order valence-corrected chi connectivity index (χ3v) is 4.33. The molecule has 0 aliphatic rings. The number of aryl methyl sites for hydroxylation is 1. The highest BCUT2D eigenvalue weighted by atomic mass is 79.9. The second-order valence-corrected chi connectivity index (χ2v) is 5.31. The van der Waals surface area contributed by atoms with Crippen molar-refractivity contribution in [2.45, 2.75) is 18.9 Å². The van der Waals surface area contributed by atoms with Crippen molar-refractivity contribution in [3.63, 3.8) is 0 Å². The van der Waals surface area contributed by atoms with Crippen molar-refractivity contribution in [2.24, 2.45) is 5.73 Å². The van der Waals surface area contributed by atoms with Crippen molar-refractivity contribution in [3.05, 3.63) is 63.9 Å². The minimum Gasteiger partial charge on any atom is -0.388 e. The van der Waals surface area contributed by atoms with Gasteiger partial charge in [0.15, 0.2) is 0 Å². The van der Waals surface area contributed by atoms with Crippen LogP contribution in [-0.4, -0.2) is 16.6 Å². The number of aliphatic hydroxyl groups excluding tert-OH is 1. The summed E-state index contributed by atoms with van der Waals surface area (Å²) in [7, 11) is 0. The van der Waals surface area contributed by atoms with E-state index in [0.717, 1.165) is 21.3 Å². The minimum atomic E-state index is -0.672. The van der Waals surface area contributed by atoms with E-state index in [9.17, 15) is 5.11 Å². The molecule has 19 heavy (non-hydrogen) atoms. The number of aromatic nitrogens is 1. The summed E-state index contributed by atoms with van der Waals surface area (Å²) in [5.74, 6) is -0.209. The van der Waals surface area contributed by atoms with E-state index < -0.39 is 6.10 Å². The van der Waals surface area contributed by atoms with E-state index in [0.29, 0.717) is 6.54 Å². The Hall–Kier alpha value is -1.23. The van der Waals surface area contributed by atoms with Crippen LogP contribution in [0.25, 0.3) is 0 Å². The van der Waals surface area contributed by atoms with Gasteiger partial charge in [-0.1, -0.05) is 40.2 Å². The molecule has 0 saturated carbocycles. The largest absolute Gasteiger partial charge is 0.388 e. The van der Waals surface area contributed by atoms with E-state index >= 15 is 0 Å². The first-order valence-electron chi connectivity index (χ1n) is 6.19. The number of hydrogen-bond donors (Lipinski definition) is 2. The number of rotatable bonds is 4. The molecule has 1 aromatic carbocycles. The number of nitrogens with zero attached hydrogens (tertiary/aromatic N) is 1. The monoisotopic (exact) mass is 320 g/mol. The van der Waals surface area contributed by atoms with Crippen LogP contribution in [-0.2, 0) is 0 Å². The molecule has 100 valence electrons. The molecular formula is C15H17BrN2O. The van der Waals surface area contributed by atoms with Crippen LogP contribution < -0.4 is 5.73 Å². The van der Waals surface area contributed by atoms with Gasteiger partial charge in [-0.2, -0.15) is 0 Å². The van der Waals surface area contributed by atoms with E-state index in [4.69, 9.17) is 5.73 Å². The normalized spacial score (nSPS) is 14.1. The van der Waals surface area contributed by atoms with Gasteiger partial charge in [0.1, 0.15) is 0 Å². The SMILES string of the molecule is Cc1cccc(C(O)C(CN)c2ccccn2)c1Br. The zero-order chi connectivity index (χ0) is 13.8. The van der Waals surface area contributed by atoms with Crippen LogP contribution in [0.3, 0.4) is 0 Å². The Morgan fingerprint density at radius 3 is 2.68 bits per heavy atom. The predicted molar refractivity (Wildman–Crippen MR) is 79.9 cm³/mol. The van der Waals surface area contributed by atoms with Crippen molar-refractivity contribution >= 4 is 15.9 Å². The number of aliphatic hydroxyl groups is 1. The van der Waals surface area contributed by atoms with E-state index in [1.807, 2.05) is 43.3 Å². The molecule has 3 N–H and O–H groups in total. The topological polar surface area (TPSA) is 59.1 Å². The summed E-state index contributed by atoms with van der Waals surface area (Å²) in [6.45, 7) is 2.34. The molecule has 1 heterocycles. The predicted octanol–water partition coefficient (Wildman–Crippen LogP) is 2.93. The average Bonchev–Trinajstić information content (AvgIpc) is 2.44. The molecular weight excluding hydrogens is 304 g/mol. The number of halogens is 1. The average molecular weight is 321 g/mol. The highest BCUT2D eigenvalue weighted by Crippen LogP contribution is 2.34. The summed E-state index contributed by atoms with van der Waals surface area (Å²) in [6.07, 6.45) is 1.05. The summed E-state index contributed by atoms with van der Waals surface area (Å²) < 4.78 is 0.928. The van der Waals surface area contributed by atoms with Gasteiger partial charge in [0.05, 0.1) is 6.10 Å². The maximum atomic E-state index is 10.6. The van der Waals surface area contributed by atoms with Crippen LogP contribution in [0.5, 0.6) is 0 Å². The smallest absolute Gasteiger partial charge is 0.0896 e. The van der Waals surface area contributed by atoms with Gasteiger partial charge >= 0.3 is 0 Å². The molecule has 0 aliphatic heterocycles. The van der Waals surface area contributed by atoms with E-state index in [1.54, 1.807) is 6.20 Å². The quantitative estimate of drug-likeness (QED) is 0.910. The summed E-state index contributed by atoms with van der Waals surface area (Å²) in [6, 6.07) is 11.5. The molecule has 2 unspecified atom stereocenters. The molecule has 0 fully saturated rings. The van der Waals surface area contributed by atoms with Gasteiger partial charge in [0.2, 0.25) is 0 Å². The van der Waals surface area contributed by atoms with Crippen LogP contribution in [0.15, 0.2) is 47.1 Å². The van der Waals surface area contributed by atoms with Crippen molar-refractivity contribution in [1.29, 1.82) is 0 Å². The minimum absolute atomic E-state index is 0.209. The summed E-state index contributed by atoms with van der Waals surface area (Å²) in [4.78, 5) is 4.29. The second-order valence-electron chi connectivity index (χ2n) is 4.52. The van der Waals surface area contributed by atoms with Crippen LogP contribution in [0.4, 0.5) is 0 Å². The van der Waals surface area contributed by atoms with Gasteiger partial charge in [-0.25, -0.2) is 0 Å². The lowest BCUT2D eigenvalue weighted by Crippen LogP contribution is -2.21. The van der Waals surface area contributed by atoms with E-state index in [1.165, 1.54) is 0 Å². The zero-order valence-electron chi connectivity index (χ0n) is 10.8. The standard InChI is InChI=1S/C15H17BrN2O/c1-10-5-4-6-11(14(10)16)15(19)12(9-17)13-7-2-3-8-18-13/h2-8,12,15,19H,9,17H2,1H3. The Balaban J connectivity index is 2.36. The number of pyridine rings is 1. The Morgan fingerprint density at radius 1 is 1.26 bits per heavy atom. The van der Waals surface area contributed by atoms with Gasteiger partial charge in [-0.15, -0.1) is 0 Å². The maximum Gasteiger partial charge on any atom is 0.0896 e. The van der Waals surface area contributed by atoms with Gasteiger partial charge in [0, 0.05) is 28.8 Å². The lowest BCUT2D eigenvalue weighted by atomic mass is 9.92. The molecule has 2 aromatic rings. The molecule has 0 saturated heterocycles. The van der Waals surface area contributed by atoms with Crippen LogP contribution in [0.1, 0.15) is 28.8 Å². The Bertz CT molecular complexity index is 545. The van der Waals surface area contributed by atoms with E-state index in [-0.39, 0.29) is 5.92 Å². The lowest BCUT2D eigenvalue weighted by Gasteiger charge is -2.22. The van der Waals surface area contributed by atoms with E-state index in [2.05, 4.69) is 20.9 Å². The fraction of sp³-hybridized carbons (Fsp3) is 0.267. The van der Waals surface area contributed by atoms with Gasteiger partial charge in [-0.05, 0) is 30.2 Å². The fourth-order valence-electron chi connectivity index (χ4n) is 2.12. The molecule has 2 rings (SSSR count). The van der Waals surface area contributed by atoms with Crippen LogP contribution in [0.2, 0.25) is 0 Å². The van der Waals surface area contributed by atoms with Gasteiger partial charge in [0.25, 0.3) is 0 Å². The van der Waals surface area contributed by atoms with Crippen molar-refractivity contribution < 1.29 is 5.11 Å². The first-order chi connectivity index (χ1) is 9.15. The first-order valence-corrected chi connectivity index (χ1v) is 6.98. The number of nitrogens with two attached hydrogens (primary N) is 1. The summed E-state index contributed by atoms with van der Waals surface area (Å²) >= 11 is 3.53. The summed E-state index contributed by atoms with van der Waals surface area (Å²) in [5.41, 5.74) is 8.57.